The molecule has 27 heavy (non-hydrogen) atoms. The number of piperidine rings is 1. The number of anilines is 1. The lowest BCUT2D eigenvalue weighted by Crippen LogP contribution is -2.41. The summed E-state index contributed by atoms with van der Waals surface area (Å²) in [6.07, 6.45) is 2.76. The molecule has 1 aliphatic heterocycles. The number of amides is 2. The minimum Gasteiger partial charge on any atom is -0.343 e. The number of carbonyl (C=O) groups excluding carboxylic acids is 2. The molecule has 3 rings (SSSR count). The molecule has 0 unspecified atom stereocenters. The summed E-state index contributed by atoms with van der Waals surface area (Å²) in [5.74, 6) is 0.228. The molecule has 1 aliphatic rings. The Kier molecular flexibility index (Phi) is 6.28. The van der Waals surface area contributed by atoms with Crippen molar-refractivity contribution >= 4 is 17.5 Å². The van der Waals surface area contributed by atoms with Crippen LogP contribution in [0.25, 0.3) is 0 Å². The molecule has 0 aliphatic carbocycles. The molecule has 0 aromatic heterocycles. The number of hydrogen-bond donors (Lipinski definition) is 1. The summed E-state index contributed by atoms with van der Waals surface area (Å²) in [5, 5.41) is 3.03. The zero-order chi connectivity index (χ0) is 19.2. The van der Waals surface area contributed by atoms with Crippen molar-refractivity contribution in [3.05, 3.63) is 65.2 Å². The fourth-order valence-electron chi connectivity index (χ4n) is 3.51. The Morgan fingerprint density at radius 3 is 2.37 bits per heavy atom. The van der Waals surface area contributed by atoms with Crippen molar-refractivity contribution < 1.29 is 9.59 Å². The highest BCUT2D eigenvalue weighted by Crippen LogP contribution is 2.21. The molecule has 0 atom stereocenters. The van der Waals surface area contributed by atoms with E-state index in [0.29, 0.717) is 19.5 Å². The van der Waals surface area contributed by atoms with Gasteiger partial charge in [-0.25, -0.2) is 0 Å². The smallest absolute Gasteiger partial charge is 0.227 e. The fraction of sp³-hybridized carbons (Fsp3) is 0.391. The summed E-state index contributed by atoms with van der Waals surface area (Å²) in [6, 6.07) is 16.1. The second-order valence-electron chi connectivity index (χ2n) is 7.43. The Morgan fingerprint density at radius 1 is 1.00 bits per heavy atom. The molecular formula is C23H28N2O2. The number of carbonyl (C=O) groups is 2. The van der Waals surface area contributed by atoms with Gasteiger partial charge >= 0.3 is 0 Å². The summed E-state index contributed by atoms with van der Waals surface area (Å²) in [7, 11) is 0. The molecule has 1 fully saturated rings. The monoisotopic (exact) mass is 364 g/mol. The van der Waals surface area contributed by atoms with Gasteiger partial charge in [-0.3, -0.25) is 9.59 Å². The van der Waals surface area contributed by atoms with E-state index in [9.17, 15) is 9.59 Å². The molecule has 4 nitrogen and oxygen atoms in total. The SMILES string of the molecule is Cc1ccc(NC(=O)C2CCN(C(=O)CCc3ccccc3)CC2)cc1C. The molecule has 1 N–H and O–H groups in total. The highest BCUT2D eigenvalue weighted by Gasteiger charge is 2.27. The van der Waals surface area contributed by atoms with E-state index in [0.717, 1.165) is 24.9 Å². The first-order valence-corrected chi connectivity index (χ1v) is 9.73. The van der Waals surface area contributed by atoms with Gasteiger partial charge in [0.05, 0.1) is 0 Å². The second kappa shape index (κ2) is 8.85. The van der Waals surface area contributed by atoms with Gasteiger partial charge in [0.2, 0.25) is 11.8 Å². The highest BCUT2D eigenvalue weighted by atomic mass is 16.2. The molecule has 0 saturated carbocycles. The van der Waals surface area contributed by atoms with Crippen molar-refractivity contribution in [3.8, 4) is 0 Å². The van der Waals surface area contributed by atoms with Gasteiger partial charge in [0, 0.05) is 31.1 Å². The number of likely N-dealkylation sites (tertiary alicyclic amines) is 1. The van der Waals surface area contributed by atoms with Crippen molar-refractivity contribution in [1.82, 2.24) is 4.90 Å². The van der Waals surface area contributed by atoms with Crippen molar-refractivity contribution in [2.24, 2.45) is 5.92 Å². The molecule has 2 amide bonds. The Bertz CT molecular complexity index is 793. The zero-order valence-electron chi connectivity index (χ0n) is 16.2. The van der Waals surface area contributed by atoms with Crippen LogP contribution in [0, 0.1) is 19.8 Å². The Labute approximate surface area is 161 Å². The maximum atomic E-state index is 12.5. The van der Waals surface area contributed by atoms with Crippen LogP contribution in [0.2, 0.25) is 0 Å². The first-order valence-electron chi connectivity index (χ1n) is 9.73. The Hall–Kier alpha value is -2.62. The van der Waals surface area contributed by atoms with Gasteiger partial charge in [0.25, 0.3) is 0 Å². The predicted molar refractivity (Wildman–Crippen MR) is 109 cm³/mol. The van der Waals surface area contributed by atoms with Crippen LogP contribution in [0.3, 0.4) is 0 Å². The maximum Gasteiger partial charge on any atom is 0.227 e. The quantitative estimate of drug-likeness (QED) is 0.868. The minimum atomic E-state index is -0.0233. The van der Waals surface area contributed by atoms with Crippen molar-refractivity contribution in [3.63, 3.8) is 0 Å². The number of rotatable bonds is 5. The lowest BCUT2D eigenvalue weighted by molar-refractivity contribution is -0.134. The standard InChI is InChI=1S/C23H28N2O2/c1-17-8-10-21(16-18(17)2)24-23(27)20-12-14-25(15-13-20)22(26)11-9-19-6-4-3-5-7-19/h3-8,10,16,20H,9,11-15H2,1-2H3,(H,24,27). The second-order valence-corrected chi connectivity index (χ2v) is 7.43. The largest absolute Gasteiger partial charge is 0.343 e. The molecule has 1 saturated heterocycles. The lowest BCUT2D eigenvalue weighted by Gasteiger charge is -2.31. The van der Waals surface area contributed by atoms with Gasteiger partial charge in [-0.2, -0.15) is 0 Å². The van der Waals surface area contributed by atoms with Crippen LogP contribution in [-0.2, 0) is 16.0 Å². The van der Waals surface area contributed by atoms with Gasteiger partial charge in [0.1, 0.15) is 0 Å². The summed E-state index contributed by atoms with van der Waals surface area (Å²) < 4.78 is 0. The molecule has 0 bridgehead atoms. The van der Waals surface area contributed by atoms with Crippen LogP contribution in [0.1, 0.15) is 36.0 Å². The number of nitrogens with zero attached hydrogens (tertiary/aromatic N) is 1. The van der Waals surface area contributed by atoms with Gasteiger partial charge in [-0.15, -0.1) is 0 Å². The molecule has 0 radical (unpaired) electrons. The first kappa shape index (κ1) is 19.2. The average molecular weight is 364 g/mol. The van der Waals surface area contributed by atoms with E-state index >= 15 is 0 Å². The predicted octanol–water partition coefficient (Wildman–Crippen LogP) is 4.11. The topological polar surface area (TPSA) is 49.4 Å². The van der Waals surface area contributed by atoms with Gasteiger partial charge < -0.3 is 10.2 Å². The zero-order valence-corrected chi connectivity index (χ0v) is 16.2. The number of benzene rings is 2. The molecule has 142 valence electrons. The van der Waals surface area contributed by atoms with E-state index < -0.39 is 0 Å². The third-order valence-electron chi connectivity index (χ3n) is 5.46. The average Bonchev–Trinajstić information content (AvgIpc) is 2.70. The van der Waals surface area contributed by atoms with E-state index in [1.165, 1.54) is 16.7 Å². The van der Waals surface area contributed by atoms with Crippen molar-refractivity contribution in [2.75, 3.05) is 18.4 Å². The third kappa shape index (κ3) is 5.19. The summed E-state index contributed by atoms with van der Waals surface area (Å²) in [5.41, 5.74) is 4.43. The van der Waals surface area contributed by atoms with Crippen molar-refractivity contribution in [2.45, 2.75) is 39.5 Å². The van der Waals surface area contributed by atoms with Crippen molar-refractivity contribution in [1.29, 1.82) is 0 Å². The minimum absolute atomic E-state index is 0.0233. The molecule has 0 spiro atoms. The van der Waals surface area contributed by atoms with Crippen LogP contribution < -0.4 is 5.32 Å². The number of hydrogen-bond acceptors (Lipinski definition) is 2. The first-order chi connectivity index (χ1) is 13.0. The normalized spacial score (nSPS) is 14.8. The number of nitrogens with one attached hydrogen (secondary N) is 1. The van der Waals surface area contributed by atoms with Gasteiger partial charge in [-0.1, -0.05) is 36.4 Å². The van der Waals surface area contributed by atoms with E-state index in [1.807, 2.05) is 48.2 Å². The van der Waals surface area contributed by atoms with Crippen LogP contribution in [0.5, 0.6) is 0 Å². The van der Waals surface area contributed by atoms with Crippen LogP contribution in [-0.4, -0.2) is 29.8 Å². The van der Waals surface area contributed by atoms with E-state index in [4.69, 9.17) is 0 Å². The Balaban J connectivity index is 1.45. The number of aryl methyl sites for hydroxylation is 3. The molecule has 4 heteroatoms. The van der Waals surface area contributed by atoms with Crippen LogP contribution in [0.4, 0.5) is 5.69 Å². The van der Waals surface area contributed by atoms with Gasteiger partial charge in [-0.05, 0) is 61.9 Å². The summed E-state index contributed by atoms with van der Waals surface area (Å²) >= 11 is 0. The molecular weight excluding hydrogens is 336 g/mol. The summed E-state index contributed by atoms with van der Waals surface area (Å²) in [6.45, 7) is 5.44. The maximum absolute atomic E-state index is 12.5. The molecule has 2 aromatic rings. The highest BCUT2D eigenvalue weighted by molar-refractivity contribution is 5.92. The van der Waals surface area contributed by atoms with E-state index in [2.05, 4.69) is 24.4 Å². The molecule has 2 aromatic carbocycles. The van der Waals surface area contributed by atoms with E-state index in [1.54, 1.807) is 0 Å². The molecule has 1 heterocycles. The van der Waals surface area contributed by atoms with Gasteiger partial charge in [0.15, 0.2) is 0 Å². The van der Waals surface area contributed by atoms with Crippen LogP contribution >= 0.6 is 0 Å². The lowest BCUT2D eigenvalue weighted by atomic mass is 9.95. The third-order valence-corrected chi connectivity index (χ3v) is 5.46. The van der Waals surface area contributed by atoms with E-state index in [-0.39, 0.29) is 17.7 Å². The van der Waals surface area contributed by atoms with Crippen LogP contribution in [0.15, 0.2) is 48.5 Å². The summed E-state index contributed by atoms with van der Waals surface area (Å²) in [4.78, 5) is 26.9. The Morgan fingerprint density at radius 2 is 1.70 bits per heavy atom. The fourth-order valence-corrected chi connectivity index (χ4v) is 3.51.